The van der Waals surface area contributed by atoms with Gasteiger partial charge in [-0.25, -0.2) is 4.39 Å². The summed E-state index contributed by atoms with van der Waals surface area (Å²) >= 11 is 9.70. The Labute approximate surface area is 184 Å². The van der Waals surface area contributed by atoms with Gasteiger partial charge in [0.15, 0.2) is 0 Å². The molecule has 0 aliphatic rings. The first kappa shape index (κ1) is 22.7. The van der Waals surface area contributed by atoms with Crippen LogP contribution in [0.5, 0.6) is 5.75 Å². The van der Waals surface area contributed by atoms with E-state index in [-0.39, 0.29) is 18.2 Å². The molecule has 28 heavy (non-hydrogen) atoms. The fourth-order valence-electron chi connectivity index (χ4n) is 2.75. The second-order valence-corrected chi connectivity index (χ2v) is 7.47. The van der Waals surface area contributed by atoms with E-state index in [0.29, 0.717) is 31.1 Å². The van der Waals surface area contributed by atoms with E-state index in [1.807, 2.05) is 54.6 Å². The lowest BCUT2D eigenvalue weighted by atomic mass is 10.1. The average molecular weight is 485 g/mol. The molecule has 0 saturated heterocycles. The summed E-state index contributed by atoms with van der Waals surface area (Å²) in [4.78, 5) is 0. The van der Waals surface area contributed by atoms with Crippen molar-refractivity contribution < 1.29 is 9.13 Å². The van der Waals surface area contributed by atoms with Crippen LogP contribution in [-0.2, 0) is 19.6 Å². The largest absolute Gasteiger partial charge is 0.489 e. The van der Waals surface area contributed by atoms with E-state index in [4.69, 9.17) is 16.3 Å². The topological polar surface area (TPSA) is 21.3 Å². The highest BCUT2D eigenvalue weighted by atomic mass is 79.9. The van der Waals surface area contributed by atoms with E-state index in [9.17, 15) is 4.39 Å². The lowest BCUT2D eigenvalue weighted by Crippen LogP contribution is -2.17. The quantitative estimate of drug-likeness (QED) is 0.365. The van der Waals surface area contributed by atoms with Crippen molar-refractivity contribution in [3.8, 4) is 5.75 Å². The molecule has 0 spiro atoms. The summed E-state index contributed by atoms with van der Waals surface area (Å²) in [6.45, 7) is 1.71. The van der Waals surface area contributed by atoms with Gasteiger partial charge in [0, 0.05) is 27.2 Å². The summed E-state index contributed by atoms with van der Waals surface area (Å²) in [6.07, 6.45) is 0.635. The minimum absolute atomic E-state index is 0. The number of halogens is 4. The molecule has 6 heteroatoms. The molecule has 1 N–H and O–H groups in total. The second kappa shape index (κ2) is 11.4. The number of hydrogen-bond donors (Lipinski definition) is 1. The maximum Gasteiger partial charge on any atom is 0.126 e. The van der Waals surface area contributed by atoms with Gasteiger partial charge in [0.05, 0.1) is 0 Å². The summed E-state index contributed by atoms with van der Waals surface area (Å²) in [5, 5.41) is 4.05. The average Bonchev–Trinajstić information content (AvgIpc) is 2.67. The van der Waals surface area contributed by atoms with Gasteiger partial charge in [-0.05, 0) is 48.9 Å². The van der Waals surface area contributed by atoms with Crippen molar-refractivity contribution in [2.45, 2.75) is 19.6 Å². The Kier molecular flexibility index (Phi) is 9.26. The summed E-state index contributed by atoms with van der Waals surface area (Å²) in [5.74, 6) is 0.641. The molecule has 0 bridgehead atoms. The minimum atomic E-state index is -0.162. The molecule has 3 aromatic carbocycles. The van der Waals surface area contributed by atoms with Crippen LogP contribution in [0.4, 0.5) is 4.39 Å². The van der Waals surface area contributed by atoms with Gasteiger partial charge in [0.25, 0.3) is 0 Å². The summed E-state index contributed by atoms with van der Waals surface area (Å²) in [6, 6.07) is 20.4. The van der Waals surface area contributed by atoms with E-state index in [0.717, 1.165) is 26.9 Å². The molecule has 0 fully saturated rings. The lowest BCUT2D eigenvalue weighted by molar-refractivity contribution is 0.302. The first-order valence-electron chi connectivity index (χ1n) is 8.72. The van der Waals surface area contributed by atoms with Crippen LogP contribution in [0.15, 0.2) is 71.2 Å². The fraction of sp³-hybridized carbons (Fsp3) is 0.182. The Morgan fingerprint density at radius 2 is 1.64 bits per heavy atom. The van der Waals surface area contributed by atoms with Crippen LogP contribution in [0.3, 0.4) is 0 Å². The number of ether oxygens (including phenoxy) is 1. The van der Waals surface area contributed by atoms with Crippen LogP contribution in [0.1, 0.15) is 16.7 Å². The fourth-order valence-corrected chi connectivity index (χ4v) is 3.34. The first-order chi connectivity index (χ1) is 13.1. The predicted molar refractivity (Wildman–Crippen MR) is 119 cm³/mol. The highest BCUT2D eigenvalue weighted by Gasteiger charge is 2.07. The lowest BCUT2D eigenvalue weighted by Gasteiger charge is -2.14. The maximum absolute atomic E-state index is 13.7. The van der Waals surface area contributed by atoms with Gasteiger partial charge in [-0.1, -0.05) is 63.9 Å². The number of hydrogen-bond acceptors (Lipinski definition) is 2. The minimum Gasteiger partial charge on any atom is -0.489 e. The normalized spacial score (nSPS) is 10.4. The smallest absolute Gasteiger partial charge is 0.126 e. The van der Waals surface area contributed by atoms with Gasteiger partial charge in [-0.2, -0.15) is 0 Å². The van der Waals surface area contributed by atoms with Crippen molar-refractivity contribution in [2.24, 2.45) is 0 Å². The summed E-state index contributed by atoms with van der Waals surface area (Å²) in [5.41, 5.74) is 2.69. The molecular formula is C22H21BrCl2FNO. The van der Waals surface area contributed by atoms with Crippen LogP contribution < -0.4 is 10.1 Å². The third kappa shape index (κ3) is 6.49. The molecule has 2 nitrogen and oxygen atoms in total. The van der Waals surface area contributed by atoms with E-state index >= 15 is 0 Å². The molecule has 3 aromatic rings. The first-order valence-corrected chi connectivity index (χ1v) is 9.89. The van der Waals surface area contributed by atoms with Crippen LogP contribution in [0.2, 0.25) is 5.02 Å². The zero-order valence-corrected chi connectivity index (χ0v) is 18.3. The highest BCUT2D eigenvalue weighted by molar-refractivity contribution is 9.10. The van der Waals surface area contributed by atoms with Gasteiger partial charge in [-0.3, -0.25) is 0 Å². The molecule has 3 rings (SSSR count). The molecule has 0 aromatic heterocycles. The van der Waals surface area contributed by atoms with Gasteiger partial charge in [0.2, 0.25) is 0 Å². The molecular weight excluding hydrogens is 464 g/mol. The van der Waals surface area contributed by atoms with Gasteiger partial charge < -0.3 is 10.1 Å². The van der Waals surface area contributed by atoms with Crippen LogP contribution in [0, 0.1) is 5.82 Å². The van der Waals surface area contributed by atoms with Crippen LogP contribution in [0.25, 0.3) is 0 Å². The molecule has 0 saturated carbocycles. The van der Waals surface area contributed by atoms with Gasteiger partial charge in [-0.15, -0.1) is 12.4 Å². The van der Waals surface area contributed by atoms with Gasteiger partial charge in [0.1, 0.15) is 18.2 Å². The molecule has 0 aliphatic heterocycles. The molecule has 0 atom stereocenters. The number of nitrogens with one attached hydrogen (secondary N) is 1. The predicted octanol–water partition coefficient (Wildman–Crippen LogP) is 6.57. The Hall–Kier alpha value is -1.59. The van der Waals surface area contributed by atoms with Crippen molar-refractivity contribution in [1.82, 2.24) is 5.32 Å². The number of benzene rings is 3. The van der Waals surface area contributed by atoms with E-state index in [2.05, 4.69) is 21.2 Å². The molecule has 0 unspecified atom stereocenters. The summed E-state index contributed by atoms with van der Waals surface area (Å²) < 4.78 is 20.7. The van der Waals surface area contributed by atoms with E-state index in [1.165, 1.54) is 6.07 Å². The van der Waals surface area contributed by atoms with Crippen molar-refractivity contribution >= 4 is 39.9 Å². The molecule has 0 aliphatic carbocycles. The van der Waals surface area contributed by atoms with E-state index < -0.39 is 0 Å². The van der Waals surface area contributed by atoms with E-state index in [1.54, 1.807) is 6.07 Å². The van der Waals surface area contributed by atoms with Gasteiger partial charge >= 0.3 is 0 Å². The third-order valence-electron chi connectivity index (χ3n) is 4.21. The molecule has 0 heterocycles. The SMILES string of the molecule is Cl.Fc1ccccc1CCNCc1cc(Br)ccc1OCc1ccccc1Cl. The summed E-state index contributed by atoms with van der Waals surface area (Å²) in [7, 11) is 0. The third-order valence-corrected chi connectivity index (χ3v) is 5.07. The molecule has 0 amide bonds. The monoisotopic (exact) mass is 483 g/mol. The second-order valence-electron chi connectivity index (χ2n) is 6.15. The molecule has 148 valence electrons. The van der Waals surface area contributed by atoms with Crippen molar-refractivity contribution in [2.75, 3.05) is 6.54 Å². The Morgan fingerprint density at radius 1 is 0.929 bits per heavy atom. The van der Waals surface area contributed by atoms with Crippen molar-refractivity contribution in [3.63, 3.8) is 0 Å². The maximum atomic E-state index is 13.7. The zero-order valence-electron chi connectivity index (χ0n) is 15.1. The van der Waals surface area contributed by atoms with Crippen LogP contribution >= 0.6 is 39.9 Å². The molecule has 0 radical (unpaired) electrons. The van der Waals surface area contributed by atoms with Crippen molar-refractivity contribution in [1.29, 1.82) is 0 Å². The Bertz CT molecular complexity index is 907. The number of rotatable bonds is 8. The standard InChI is InChI=1S/C22H20BrClFNO.ClH/c23-19-9-10-22(27-15-17-6-1-3-7-20(17)24)18(13-19)14-26-12-11-16-5-2-4-8-21(16)25;/h1-10,13,26H,11-12,14-15H2;1H. The Balaban J connectivity index is 0.00000280. The Morgan fingerprint density at radius 3 is 2.39 bits per heavy atom. The van der Waals surface area contributed by atoms with Crippen molar-refractivity contribution in [3.05, 3.63) is 98.7 Å². The highest BCUT2D eigenvalue weighted by Crippen LogP contribution is 2.25. The van der Waals surface area contributed by atoms with Crippen LogP contribution in [-0.4, -0.2) is 6.54 Å². The zero-order chi connectivity index (χ0) is 19.1.